The number of hydrogen-bond donors (Lipinski definition) is 1. The predicted molar refractivity (Wildman–Crippen MR) is 165 cm³/mol. The first-order chi connectivity index (χ1) is 18.5. The van der Waals surface area contributed by atoms with Gasteiger partial charge in [-0.15, -0.1) is 0 Å². The second-order valence-corrected chi connectivity index (χ2v) is 10.7. The van der Waals surface area contributed by atoms with Crippen LogP contribution in [0.1, 0.15) is 21.5 Å². The number of nitrogens with one attached hydrogen (secondary N) is 1. The van der Waals surface area contributed by atoms with Gasteiger partial charge in [0.25, 0.3) is 5.91 Å². The van der Waals surface area contributed by atoms with E-state index in [1.54, 1.807) is 30.5 Å². The molecular formula is C30H20FI2N3O2. The van der Waals surface area contributed by atoms with Gasteiger partial charge in [0.05, 0.1) is 26.6 Å². The number of rotatable bonds is 7. The molecule has 0 unspecified atom stereocenters. The van der Waals surface area contributed by atoms with E-state index in [2.05, 4.69) is 55.7 Å². The third-order valence-electron chi connectivity index (χ3n) is 5.77. The normalized spacial score (nSPS) is 11.1. The molecule has 0 saturated heterocycles. The van der Waals surface area contributed by atoms with E-state index in [0.29, 0.717) is 28.1 Å². The van der Waals surface area contributed by atoms with Crippen LogP contribution >= 0.6 is 45.2 Å². The number of fused-ring (bicyclic) bond motifs is 1. The maximum absolute atomic E-state index is 14.1. The molecule has 1 N–H and O–H groups in total. The number of benzene rings is 4. The van der Waals surface area contributed by atoms with Crippen LogP contribution < -0.4 is 10.2 Å². The molecule has 5 rings (SSSR count). The van der Waals surface area contributed by atoms with Crippen LogP contribution in [-0.4, -0.2) is 17.1 Å². The van der Waals surface area contributed by atoms with Crippen molar-refractivity contribution in [1.29, 1.82) is 0 Å². The van der Waals surface area contributed by atoms with E-state index in [1.807, 2.05) is 66.7 Å². The van der Waals surface area contributed by atoms with E-state index in [-0.39, 0.29) is 18.3 Å². The van der Waals surface area contributed by atoms with Crippen LogP contribution in [-0.2, 0) is 6.61 Å². The topological polar surface area (TPSA) is 63.6 Å². The number of ether oxygens (including phenoxy) is 1. The number of para-hydroxylation sites is 1. The summed E-state index contributed by atoms with van der Waals surface area (Å²) in [7, 11) is 0. The van der Waals surface area contributed by atoms with E-state index in [0.717, 1.165) is 23.6 Å². The summed E-state index contributed by atoms with van der Waals surface area (Å²) >= 11 is 4.39. The van der Waals surface area contributed by atoms with Gasteiger partial charge in [0.15, 0.2) is 0 Å². The Bertz CT molecular complexity index is 1660. The van der Waals surface area contributed by atoms with Crippen molar-refractivity contribution in [2.24, 2.45) is 5.10 Å². The number of aromatic nitrogens is 1. The minimum atomic E-state index is -0.355. The lowest BCUT2D eigenvalue weighted by Gasteiger charge is -2.13. The molecule has 0 aliphatic rings. The number of carbonyl (C=O) groups is 1. The highest BCUT2D eigenvalue weighted by atomic mass is 127. The van der Waals surface area contributed by atoms with Gasteiger partial charge in [0.2, 0.25) is 0 Å². The minimum absolute atomic E-state index is 0.0712. The fourth-order valence-electron chi connectivity index (χ4n) is 3.93. The molecule has 188 valence electrons. The molecule has 0 saturated carbocycles. The van der Waals surface area contributed by atoms with Gasteiger partial charge in [-0.25, -0.2) is 14.8 Å². The fourth-order valence-corrected chi connectivity index (χ4v) is 5.98. The van der Waals surface area contributed by atoms with Gasteiger partial charge in [-0.3, -0.25) is 4.79 Å². The van der Waals surface area contributed by atoms with Crippen molar-refractivity contribution < 1.29 is 13.9 Å². The van der Waals surface area contributed by atoms with E-state index < -0.39 is 0 Å². The van der Waals surface area contributed by atoms with E-state index in [4.69, 9.17) is 9.72 Å². The van der Waals surface area contributed by atoms with Crippen molar-refractivity contribution in [3.05, 3.63) is 127 Å². The summed E-state index contributed by atoms with van der Waals surface area (Å²) in [5.74, 6) is -0.117. The maximum atomic E-state index is 14.1. The highest BCUT2D eigenvalue weighted by Crippen LogP contribution is 2.29. The lowest BCUT2D eigenvalue weighted by molar-refractivity contribution is 0.0956. The zero-order valence-electron chi connectivity index (χ0n) is 19.9. The Morgan fingerprint density at radius 1 is 0.947 bits per heavy atom. The summed E-state index contributed by atoms with van der Waals surface area (Å²) in [5.41, 5.74) is 6.59. The van der Waals surface area contributed by atoms with Crippen LogP contribution in [0.25, 0.3) is 22.2 Å². The third kappa shape index (κ3) is 6.02. The second kappa shape index (κ2) is 12.0. The molecule has 0 radical (unpaired) electrons. The Labute approximate surface area is 246 Å². The van der Waals surface area contributed by atoms with Crippen LogP contribution in [0.3, 0.4) is 0 Å². The Morgan fingerprint density at radius 3 is 2.50 bits per heavy atom. The van der Waals surface area contributed by atoms with Crippen molar-refractivity contribution in [3.8, 4) is 17.0 Å². The van der Waals surface area contributed by atoms with Crippen LogP contribution in [0, 0.1) is 13.0 Å². The summed E-state index contributed by atoms with van der Waals surface area (Å²) in [4.78, 5) is 18.0. The first-order valence-corrected chi connectivity index (χ1v) is 13.8. The molecule has 0 atom stereocenters. The van der Waals surface area contributed by atoms with Gasteiger partial charge >= 0.3 is 0 Å². The Balaban J connectivity index is 1.41. The molecule has 8 heteroatoms. The monoisotopic (exact) mass is 727 g/mol. The highest BCUT2D eigenvalue weighted by molar-refractivity contribution is 14.1. The molecule has 0 aliphatic heterocycles. The smallest absolute Gasteiger partial charge is 0.272 e. The van der Waals surface area contributed by atoms with E-state index >= 15 is 0 Å². The minimum Gasteiger partial charge on any atom is -0.487 e. The van der Waals surface area contributed by atoms with Gasteiger partial charge in [-0.05, 0) is 75.5 Å². The van der Waals surface area contributed by atoms with Gasteiger partial charge in [-0.1, -0.05) is 66.7 Å². The largest absolute Gasteiger partial charge is 0.487 e. The molecule has 0 bridgehead atoms. The zero-order valence-corrected chi connectivity index (χ0v) is 24.2. The van der Waals surface area contributed by atoms with E-state index in [9.17, 15) is 9.18 Å². The average molecular weight is 727 g/mol. The molecule has 5 aromatic rings. The molecule has 1 amide bonds. The molecular weight excluding hydrogens is 707 g/mol. The summed E-state index contributed by atoms with van der Waals surface area (Å²) in [6.07, 6.45) is 1.54. The number of pyridine rings is 1. The number of halogens is 3. The number of hydrazone groups is 1. The van der Waals surface area contributed by atoms with Crippen molar-refractivity contribution in [2.45, 2.75) is 6.61 Å². The third-order valence-corrected chi connectivity index (χ3v) is 7.19. The van der Waals surface area contributed by atoms with Gasteiger partial charge in [0.1, 0.15) is 18.2 Å². The fraction of sp³-hybridized carbons (Fsp3) is 0.0333. The van der Waals surface area contributed by atoms with Gasteiger partial charge in [0, 0.05) is 25.6 Å². The molecule has 38 heavy (non-hydrogen) atoms. The molecule has 1 heterocycles. The first kappa shape index (κ1) is 26.2. The highest BCUT2D eigenvalue weighted by Gasteiger charge is 2.14. The van der Waals surface area contributed by atoms with Crippen molar-refractivity contribution in [2.75, 3.05) is 0 Å². The Kier molecular flexibility index (Phi) is 8.28. The molecule has 5 nitrogen and oxygen atoms in total. The number of nitrogens with zero attached hydrogens (tertiary/aromatic N) is 2. The van der Waals surface area contributed by atoms with Crippen molar-refractivity contribution in [3.63, 3.8) is 0 Å². The summed E-state index contributed by atoms with van der Waals surface area (Å²) in [6, 6.07) is 29.4. The molecule has 1 aromatic heterocycles. The number of amides is 1. The summed E-state index contributed by atoms with van der Waals surface area (Å²) in [5, 5.41) is 4.97. The van der Waals surface area contributed by atoms with E-state index in [1.165, 1.54) is 6.07 Å². The van der Waals surface area contributed by atoms with Crippen molar-refractivity contribution in [1.82, 2.24) is 10.4 Å². The van der Waals surface area contributed by atoms with Crippen LogP contribution in [0.15, 0.2) is 102 Å². The van der Waals surface area contributed by atoms with Gasteiger partial charge in [-0.2, -0.15) is 5.10 Å². The number of carbonyl (C=O) groups excluding carboxylic acids is 1. The standard InChI is InChI=1S/C30H20FI2N3O2/c31-25-12-6-4-10-20(25)18-38-29-21(14-22(32)15-26(29)33)17-34-36-30(37)24-16-28(19-8-2-1-3-9-19)35-27-13-7-5-11-23(24)27/h1-17H,18H2,(H,36,37)/b34-17-. The molecule has 0 spiro atoms. The zero-order chi connectivity index (χ0) is 26.5. The molecule has 0 aliphatic carbocycles. The van der Waals surface area contributed by atoms with Crippen LogP contribution in [0.4, 0.5) is 4.39 Å². The number of hydrogen-bond acceptors (Lipinski definition) is 4. The Hall–Kier alpha value is -3.38. The Morgan fingerprint density at radius 2 is 1.68 bits per heavy atom. The molecule has 4 aromatic carbocycles. The maximum Gasteiger partial charge on any atom is 0.272 e. The lowest BCUT2D eigenvalue weighted by Crippen LogP contribution is -2.18. The predicted octanol–water partition coefficient (Wildman–Crippen LogP) is 7.59. The van der Waals surface area contributed by atoms with Crippen LogP contribution in [0.2, 0.25) is 0 Å². The van der Waals surface area contributed by atoms with Crippen molar-refractivity contribution >= 4 is 68.2 Å². The quantitative estimate of drug-likeness (QED) is 0.107. The lowest BCUT2D eigenvalue weighted by atomic mass is 10.0. The summed E-state index contributed by atoms with van der Waals surface area (Å²) in [6.45, 7) is 0.0712. The average Bonchev–Trinajstić information content (AvgIpc) is 2.93. The molecule has 0 fully saturated rings. The second-order valence-electron chi connectivity index (χ2n) is 8.32. The van der Waals surface area contributed by atoms with Gasteiger partial charge < -0.3 is 4.74 Å². The van der Waals surface area contributed by atoms with Crippen LogP contribution in [0.5, 0.6) is 5.75 Å². The SMILES string of the molecule is O=C(N/N=C\c1cc(I)cc(I)c1OCc1ccccc1F)c1cc(-c2ccccc2)nc2ccccc12. The summed E-state index contributed by atoms with van der Waals surface area (Å²) < 4.78 is 21.9. The first-order valence-electron chi connectivity index (χ1n) is 11.6.